The molecule has 0 bridgehead atoms. The Bertz CT molecular complexity index is 630. The van der Waals surface area contributed by atoms with Gasteiger partial charge in [0.2, 0.25) is 0 Å². The van der Waals surface area contributed by atoms with Crippen LogP contribution < -0.4 is 0 Å². The Morgan fingerprint density at radius 3 is 2.32 bits per heavy atom. The van der Waals surface area contributed by atoms with Crippen LogP contribution in [0, 0.1) is 11.6 Å². The molecule has 0 spiro atoms. The van der Waals surface area contributed by atoms with Gasteiger partial charge in [0.15, 0.2) is 11.6 Å². The first kappa shape index (κ1) is 13.1. The Hall–Kier alpha value is -2.37. The number of aromatic nitrogens is 2. The molecule has 2 aromatic rings. The second-order valence-corrected chi connectivity index (χ2v) is 4.11. The fourth-order valence-corrected chi connectivity index (χ4v) is 1.61. The number of ketones is 2. The van der Waals surface area contributed by atoms with Gasteiger partial charge in [0.05, 0.1) is 12.7 Å². The predicted octanol–water partition coefficient (Wildman–Crippen LogP) is 2.15. The molecule has 0 saturated heterocycles. The predicted molar refractivity (Wildman–Crippen MR) is 62.8 cm³/mol. The van der Waals surface area contributed by atoms with Gasteiger partial charge in [0.25, 0.3) is 0 Å². The molecule has 1 aromatic carbocycles. The molecule has 0 amide bonds. The summed E-state index contributed by atoms with van der Waals surface area (Å²) < 4.78 is 27.5. The highest BCUT2D eigenvalue weighted by Crippen LogP contribution is 2.11. The van der Waals surface area contributed by atoms with Crippen LogP contribution in [0.5, 0.6) is 0 Å². The summed E-state index contributed by atoms with van der Waals surface area (Å²) in [5, 5.41) is 0. The molecule has 1 heterocycles. The third-order valence-corrected chi connectivity index (χ3v) is 2.50. The largest absolute Gasteiger partial charge is 0.340 e. The maximum Gasteiger partial charge on any atom is 0.190 e. The SMILES string of the molecule is Cn1cnc(C(=O)CC(=O)c2cc(F)cc(F)c2)c1. The zero-order valence-corrected chi connectivity index (χ0v) is 10.1. The van der Waals surface area contributed by atoms with Crippen molar-refractivity contribution >= 4 is 11.6 Å². The van der Waals surface area contributed by atoms with Crippen molar-refractivity contribution in [2.45, 2.75) is 6.42 Å². The number of halogens is 2. The Morgan fingerprint density at radius 1 is 1.16 bits per heavy atom. The molecule has 2 rings (SSSR count). The number of imidazole rings is 1. The maximum atomic E-state index is 13.0. The van der Waals surface area contributed by atoms with Gasteiger partial charge in [-0.25, -0.2) is 13.8 Å². The van der Waals surface area contributed by atoms with Crippen molar-refractivity contribution in [3.05, 3.63) is 53.6 Å². The average molecular weight is 264 g/mol. The molecule has 4 nitrogen and oxygen atoms in total. The van der Waals surface area contributed by atoms with Crippen LogP contribution in [-0.2, 0) is 7.05 Å². The van der Waals surface area contributed by atoms with E-state index in [4.69, 9.17) is 0 Å². The van der Waals surface area contributed by atoms with Crippen molar-refractivity contribution in [1.82, 2.24) is 9.55 Å². The average Bonchev–Trinajstić information content (AvgIpc) is 2.74. The van der Waals surface area contributed by atoms with Crippen LogP contribution in [0.4, 0.5) is 8.78 Å². The van der Waals surface area contributed by atoms with Crippen LogP contribution in [0.2, 0.25) is 0 Å². The first-order chi connectivity index (χ1) is 8.95. The van der Waals surface area contributed by atoms with Gasteiger partial charge in [-0.2, -0.15) is 0 Å². The number of carbonyl (C=O) groups excluding carboxylic acids is 2. The lowest BCUT2D eigenvalue weighted by Crippen LogP contribution is -2.09. The summed E-state index contributed by atoms with van der Waals surface area (Å²) >= 11 is 0. The normalized spacial score (nSPS) is 10.5. The second-order valence-electron chi connectivity index (χ2n) is 4.11. The molecule has 0 aliphatic heterocycles. The third kappa shape index (κ3) is 3.09. The fraction of sp³-hybridized carbons (Fsp3) is 0.154. The lowest BCUT2D eigenvalue weighted by molar-refractivity contribution is 0.0891. The van der Waals surface area contributed by atoms with Crippen molar-refractivity contribution in [1.29, 1.82) is 0 Å². The van der Waals surface area contributed by atoms with E-state index in [0.29, 0.717) is 6.07 Å². The Morgan fingerprint density at radius 2 is 1.79 bits per heavy atom. The van der Waals surface area contributed by atoms with Crippen molar-refractivity contribution in [2.24, 2.45) is 7.05 Å². The molecule has 0 unspecified atom stereocenters. The van der Waals surface area contributed by atoms with Gasteiger partial charge in [-0.3, -0.25) is 9.59 Å². The summed E-state index contributed by atoms with van der Waals surface area (Å²) in [7, 11) is 1.69. The van der Waals surface area contributed by atoms with E-state index in [0.717, 1.165) is 12.1 Å². The third-order valence-electron chi connectivity index (χ3n) is 2.50. The Labute approximate surface area is 107 Å². The summed E-state index contributed by atoms with van der Waals surface area (Å²) in [5.41, 5.74) is -0.0190. The quantitative estimate of drug-likeness (QED) is 0.628. The molecular weight excluding hydrogens is 254 g/mol. The lowest BCUT2D eigenvalue weighted by Gasteiger charge is -2.00. The number of benzene rings is 1. The highest BCUT2D eigenvalue weighted by molar-refractivity contribution is 6.12. The van der Waals surface area contributed by atoms with Gasteiger partial charge in [-0.15, -0.1) is 0 Å². The first-order valence-corrected chi connectivity index (χ1v) is 5.46. The standard InChI is InChI=1S/C13H10F2N2O2/c1-17-6-11(16-7-17)13(19)5-12(18)8-2-9(14)4-10(15)3-8/h2-4,6-7H,5H2,1H3. The van der Waals surface area contributed by atoms with E-state index < -0.39 is 29.6 Å². The van der Waals surface area contributed by atoms with E-state index in [2.05, 4.69) is 4.98 Å². The first-order valence-electron chi connectivity index (χ1n) is 5.46. The highest BCUT2D eigenvalue weighted by Gasteiger charge is 2.16. The molecule has 1 aromatic heterocycles. The van der Waals surface area contributed by atoms with Crippen LogP contribution in [0.15, 0.2) is 30.7 Å². The molecule has 98 valence electrons. The summed E-state index contributed by atoms with van der Waals surface area (Å²) in [4.78, 5) is 27.3. The Balaban J connectivity index is 2.15. The second kappa shape index (κ2) is 5.09. The van der Waals surface area contributed by atoms with Crippen molar-refractivity contribution in [3.8, 4) is 0 Å². The smallest absolute Gasteiger partial charge is 0.190 e. The van der Waals surface area contributed by atoms with Crippen LogP contribution in [-0.4, -0.2) is 21.1 Å². The zero-order chi connectivity index (χ0) is 14.0. The fourth-order valence-electron chi connectivity index (χ4n) is 1.61. The highest BCUT2D eigenvalue weighted by atomic mass is 19.1. The van der Waals surface area contributed by atoms with Crippen molar-refractivity contribution in [2.75, 3.05) is 0 Å². The number of nitrogens with zero attached hydrogens (tertiary/aromatic N) is 2. The molecule has 0 saturated carbocycles. The van der Waals surface area contributed by atoms with Gasteiger partial charge >= 0.3 is 0 Å². The number of rotatable bonds is 4. The number of aryl methyl sites for hydroxylation is 1. The van der Waals surface area contributed by atoms with Crippen LogP contribution in [0.3, 0.4) is 0 Å². The molecule has 0 atom stereocenters. The number of hydrogen-bond acceptors (Lipinski definition) is 3. The number of hydrogen-bond donors (Lipinski definition) is 0. The van der Waals surface area contributed by atoms with Crippen LogP contribution in [0.25, 0.3) is 0 Å². The summed E-state index contributed by atoms with van der Waals surface area (Å²) in [6.45, 7) is 0. The van der Waals surface area contributed by atoms with Crippen molar-refractivity contribution < 1.29 is 18.4 Å². The van der Waals surface area contributed by atoms with Crippen LogP contribution >= 0.6 is 0 Å². The zero-order valence-electron chi connectivity index (χ0n) is 10.1. The van der Waals surface area contributed by atoms with Gasteiger partial charge in [0.1, 0.15) is 17.3 Å². The van der Waals surface area contributed by atoms with Gasteiger partial charge in [0, 0.05) is 24.9 Å². The topological polar surface area (TPSA) is 52.0 Å². The summed E-state index contributed by atoms with van der Waals surface area (Å²) in [6, 6.07) is 2.46. The Kier molecular flexibility index (Phi) is 3.50. The van der Waals surface area contributed by atoms with Gasteiger partial charge in [-0.1, -0.05) is 0 Å². The van der Waals surface area contributed by atoms with E-state index in [1.165, 1.54) is 12.5 Å². The molecule has 6 heteroatoms. The number of Topliss-reactive ketones (excluding diaryl/α,β-unsaturated/α-hetero) is 2. The van der Waals surface area contributed by atoms with E-state index >= 15 is 0 Å². The molecule has 0 N–H and O–H groups in total. The van der Waals surface area contributed by atoms with E-state index in [1.807, 2.05) is 0 Å². The lowest BCUT2D eigenvalue weighted by atomic mass is 10.0. The molecular formula is C13H10F2N2O2. The monoisotopic (exact) mass is 264 g/mol. The summed E-state index contributed by atoms with van der Waals surface area (Å²) in [6.07, 6.45) is 2.43. The van der Waals surface area contributed by atoms with E-state index in [1.54, 1.807) is 11.6 Å². The number of carbonyl (C=O) groups is 2. The van der Waals surface area contributed by atoms with Gasteiger partial charge < -0.3 is 4.57 Å². The minimum Gasteiger partial charge on any atom is -0.340 e. The maximum absolute atomic E-state index is 13.0. The molecule has 0 radical (unpaired) electrons. The minimum atomic E-state index is -0.853. The van der Waals surface area contributed by atoms with Gasteiger partial charge in [-0.05, 0) is 12.1 Å². The summed E-state index contributed by atoms with van der Waals surface area (Å²) in [5.74, 6) is -2.84. The molecule has 19 heavy (non-hydrogen) atoms. The van der Waals surface area contributed by atoms with Crippen molar-refractivity contribution in [3.63, 3.8) is 0 Å². The minimum absolute atomic E-state index is 0.146. The van der Waals surface area contributed by atoms with E-state index in [-0.39, 0.29) is 11.3 Å². The molecule has 0 aliphatic rings. The van der Waals surface area contributed by atoms with Crippen LogP contribution in [0.1, 0.15) is 27.3 Å². The molecule has 0 fully saturated rings. The molecule has 0 aliphatic carbocycles. The van der Waals surface area contributed by atoms with E-state index in [9.17, 15) is 18.4 Å².